The van der Waals surface area contributed by atoms with E-state index >= 15 is 0 Å². The number of carbonyl (C=O) groups excluding carboxylic acids is 1. The average molecular weight is 324 g/mol. The Morgan fingerprint density at radius 3 is 2.57 bits per heavy atom. The minimum Gasteiger partial charge on any atom is -0.460 e. The van der Waals surface area contributed by atoms with Crippen LogP contribution in [0.4, 0.5) is 0 Å². The van der Waals surface area contributed by atoms with Crippen LogP contribution in [0.5, 0.6) is 0 Å². The molecule has 130 valence electrons. The maximum atomic E-state index is 11.4. The predicted molar refractivity (Wildman–Crippen MR) is 85.1 cm³/mol. The van der Waals surface area contributed by atoms with Gasteiger partial charge in [-0.2, -0.15) is 0 Å². The maximum absolute atomic E-state index is 11.4. The summed E-state index contributed by atoms with van der Waals surface area (Å²) in [6.45, 7) is 8.54. The molecule has 0 radical (unpaired) electrons. The Balaban J connectivity index is 1.79. The molecule has 1 spiro atoms. The van der Waals surface area contributed by atoms with Crippen LogP contribution in [0.25, 0.3) is 0 Å². The molecule has 0 bridgehead atoms. The van der Waals surface area contributed by atoms with E-state index in [1.807, 2.05) is 0 Å². The van der Waals surface area contributed by atoms with Gasteiger partial charge in [-0.05, 0) is 40.0 Å². The molecule has 5 nitrogen and oxygen atoms in total. The van der Waals surface area contributed by atoms with Gasteiger partial charge >= 0.3 is 5.97 Å². The van der Waals surface area contributed by atoms with E-state index in [4.69, 9.17) is 18.9 Å². The lowest BCUT2D eigenvalue weighted by molar-refractivity contribution is -0.169. The summed E-state index contributed by atoms with van der Waals surface area (Å²) in [5, 5.41) is 0. The molecule has 3 rings (SSSR count). The van der Waals surface area contributed by atoms with Crippen molar-refractivity contribution in [2.45, 2.75) is 76.5 Å². The molecular formula is C18H28O5. The average Bonchev–Trinajstić information content (AvgIpc) is 3.37. The lowest BCUT2D eigenvalue weighted by Crippen LogP contribution is -2.55. The Labute approximate surface area is 138 Å². The number of hydrogen-bond donors (Lipinski definition) is 0. The molecule has 2 heterocycles. The molecule has 0 amide bonds. The molecule has 3 unspecified atom stereocenters. The minimum atomic E-state index is -0.276. The Kier molecular flexibility index (Phi) is 4.32. The van der Waals surface area contributed by atoms with Crippen molar-refractivity contribution in [2.24, 2.45) is 5.92 Å². The van der Waals surface area contributed by atoms with Crippen molar-refractivity contribution < 1.29 is 23.7 Å². The van der Waals surface area contributed by atoms with E-state index in [0.29, 0.717) is 0 Å². The number of allylic oxidation sites excluding steroid dienone is 1. The molecule has 0 aromatic rings. The van der Waals surface area contributed by atoms with E-state index in [2.05, 4.69) is 26.8 Å². The SMILES string of the molecule is COC1C(OC(C)=O)CC[C@]2(CO2)C1[C@@]1(C)O[C@@H]1CC=C(C)C. The van der Waals surface area contributed by atoms with Gasteiger partial charge in [-0.3, -0.25) is 4.79 Å². The molecule has 0 aromatic heterocycles. The van der Waals surface area contributed by atoms with Crippen LogP contribution in [-0.4, -0.2) is 49.2 Å². The van der Waals surface area contributed by atoms with Crippen LogP contribution in [-0.2, 0) is 23.7 Å². The van der Waals surface area contributed by atoms with E-state index in [1.165, 1.54) is 12.5 Å². The second-order valence-electron chi connectivity index (χ2n) is 7.53. The molecule has 2 saturated heterocycles. The largest absolute Gasteiger partial charge is 0.460 e. The van der Waals surface area contributed by atoms with Crippen molar-refractivity contribution in [1.82, 2.24) is 0 Å². The molecule has 0 aromatic carbocycles. The van der Waals surface area contributed by atoms with Crippen LogP contribution in [0.3, 0.4) is 0 Å². The van der Waals surface area contributed by atoms with Crippen molar-refractivity contribution in [3.05, 3.63) is 11.6 Å². The molecule has 23 heavy (non-hydrogen) atoms. The summed E-state index contributed by atoms with van der Waals surface area (Å²) >= 11 is 0. The number of epoxide rings is 2. The first-order valence-corrected chi connectivity index (χ1v) is 8.47. The summed E-state index contributed by atoms with van der Waals surface area (Å²) in [4.78, 5) is 11.4. The van der Waals surface area contributed by atoms with Crippen molar-refractivity contribution >= 4 is 5.97 Å². The summed E-state index contributed by atoms with van der Waals surface area (Å²) in [6, 6.07) is 0. The van der Waals surface area contributed by atoms with E-state index in [1.54, 1.807) is 7.11 Å². The second kappa shape index (κ2) is 5.87. The lowest BCUT2D eigenvalue weighted by Gasteiger charge is -2.42. The van der Waals surface area contributed by atoms with E-state index in [9.17, 15) is 4.79 Å². The highest BCUT2D eigenvalue weighted by molar-refractivity contribution is 5.66. The van der Waals surface area contributed by atoms with Gasteiger partial charge in [0.2, 0.25) is 0 Å². The molecule has 2 aliphatic heterocycles. The topological polar surface area (TPSA) is 60.6 Å². The number of rotatable bonds is 5. The molecular weight excluding hydrogens is 296 g/mol. The van der Waals surface area contributed by atoms with Gasteiger partial charge in [0.1, 0.15) is 23.4 Å². The van der Waals surface area contributed by atoms with Gasteiger partial charge in [-0.25, -0.2) is 0 Å². The Morgan fingerprint density at radius 1 is 1.35 bits per heavy atom. The highest BCUT2D eigenvalue weighted by atomic mass is 16.6. The quantitative estimate of drug-likeness (QED) is 0.442. The summed E-state index contributed by atoms with van der Waals surface area (Å²) in [5.41, 5.74) is 0.859. The van der Waals surface area contributed by atoms with Crippen molar-refractivity contribution in [2.75, 3.05) is 13.7 Å². The first-order chi connectivity index (χ1) is 10.8. The van der Waals surface area contributed by atoms with Crippen molar-refractivity contribution in [3.63, 3.8) is 0 Å². The Bertz CT molecular complexity index is 506. The van der Waals surface area contributed by atoms with Crippen LogP contribution in [0.15, 0.2) is 11.6 Å². The molecule has 5 heteroatoms. The number of hydrogen-bond acceptors (Lipinski definition) is 5. The van der Waals surface area contributed by atoms with Crippen LogP contribution in [0.1, 0.15) is 47.0 Å². The van der Waals surface area contributed by atoms with E-state index in [0.717, 1.165) is 25.9 Å². The van der Waals surface area contributed by atoms with E-state index in [-0.39, 0.29) is 41.4 Å². The monoisotopic (exact) mass is 324 g/mol. The normalized spacial score (nSPS) is 44.7. The van der Waals surface area contributed by atoms with Crippen molar-refractivity contribution in [3.8, 4) is 0 Å². The minimum absolute atomic E-state index is 0.0914. The van der Waals surface area contributed by atoms with Crippen molar-refractivity contribution in [1.29, 1.82) is 0 Å². The third-order valence-corrected chi connectivity index (χ3v) is 5.55. The first kappa shape index (κ1) is 16.9. The summed E-state index contributed by atoms with van der Waals surface area (Å²) in [7, 11) is 1.69. The fraction of sp³-hybridized carbons (Fsp3) is 0.833. The highest BCUT2D eigenvalue weighted by Gasteiger charge is 2.72. The van der Waals surface area contributed by atoms with Crippen LogP contribution < -0.4 is 0 Å². The number of ether oxygens (including phenoxy) is 4. The zero-order valence-electron chi connectivity index (χ0n) is 14.8. The van der Waals surface area contributed by atoms with Gasteiger partial charge in [-0.15, -0.1) is 0 Å². The smallest absolute Gasteiger partial charge is 0.302 e. The third kappa shape index (κ3) is 3.06. The number of esters is 1. The van der Waals surface area contributed by atoms with Gasteiger partial charge in [-0.1, -0.05) is 11.6 Å². The Hall–Kier alpha value is -0.910. The molecule has 3 fully saturated rings. The fourth-order valence-electron chi connectivity index (χ4n) is 4.28. The molecule has 6 atom stereocenters. The van der Waals surface area contributed by atoms with Gasteiger partial charge in [0.25, 0.3) is 0 Å². The van der Waals surface area contributed by atoms with Gasteiger partial charge in [0, 0.05) is 14.0 Å². The zero-order chi connectivity index (χ0) is 16.8. The maximum Gasteiger partial charge on any atom is 0.302 e. The van der Waals surface area contributed by atoms with Gasteiger partial charge in [0.15, 0.2) is 0 Å². The summed E-state index contributed by atoms with van der Waals surface area (Å²) in [5.74, 6) is -0.167. The fourth-order valence-corrected chi connectivity index (χ4v) is 4.28. The summed E-state index contributed by atoms with van der Waals surface area (Å²) < 4.78 is 23.3. The summed E-state index contributed by atoms with van der Waals surface area (Å²) in [6.07, 6.45) is 4.56. The second-order valence-corrected chi connectivity index (χ2v) is 7.53. The first-order valence-electron chi connectivity index (χ1n) is 8.47. The number of methoxy groups -OCH3 is 1. The van der Waals surface area contributed by atoms with Crippen LogP contribution in [0.2, 0.25) is 0 Å². The standard InChI is InChI=1S/C18H28O5/c1-11(2)6-7-14-17(4,23-14)16-15(20-5)13(22-12(3)19)8-9-18(16)10-21-18/h6,13-16H,7-10H2,1-5H3/t13?,14-,15?,16?,17+,18+/m1/s1. The predicted octanol–water partition coefficient (Wildman–Crippen LogP) is 2.63. The molecule has 3 aliphatic rings. The van der Waals surface area contributed by atoms with Gasteiger partial charge < -0.3 is 18.9 Å². The lowest BCUT2D eigenvalue weighted by atomic mass is 9.68. The molecule has 1 aliphatic carbocycles. The Morgan fingerprint density at radius 2 is 2.04 bits per heavy atom. The number of carbonyl (C=O) groups is 1. The van der Waals surface area contributed by atoms with Crippen LogP contribution >= 0.6 is 0 Å². The van der Waals surface area contributed by atoms with E-state index < -0.39 is 0 Å². The zero-order valence-corrected chi connectivity index (χ0v) is 14.8. The molecule has 1 saturated carbocycles. The van der Waals surface area contributed by atoms with Gasteiger partial charge in [0.05, 0.1) is 18.6 Å². The third-order valence-electron chi connectivity index (χ3n) is 5.55. The van der Waals surface area contributed by atoms with Crippen LogP contribution in [0, 0.1) is 5.92 Å². The molecule has 0 N–H and O–H groups in total. The highest BCUT2D eigenvalue weighted by Crippen LogP contribution is 2.59.